The molecule has 0 unspecified atom stereocenters. The van der Waals surface area contributed by atoms with Crippen molar-refractivity contribution in [2.24, 2.45) is 0 Å². The van der Waals surface area contributed by atoms with Gasteiger partial charge in [0.1, 0.15) is 23.9 Å². The third-order valence-corrected chi connectivity index (χ3v) is 3.48. The maximum absolute atomic E-state index is 13.4. The molecule has 0 aliphatic rings. The summed E-state index contributed by atoms with van der Waals surface area (Å²) in [6.07, 6.45) is 0. The lowest BCUT2D eigenvalue weighted by Crippen LogP contribution is -2.08. The zero-order valence-electron chi connectivity index (χ0n) is 12.0. The number of benzene rings is 2. The SMILES string of the molecule is CNCc1ccc(OC)cc1OCc1cccc(F)c1Cl. The van der Waals surface area contributed by atoms with Crippen LogP contribution in [0.3, 0.4) is 0 Å². The van der Waals surface area contributed by atoms with Crippen molar-refractivity contribution < 1.29 is 13.9 Å². The summed E-state index contributed by atoms with van der Waals surface area (Å²) >= 11 is 5.93. The molecule has 0 bridgehead atoms. The van der Waals surface area contributed by atoms with Gasteiger partial charge in [-0.05, 0) is 19.2 Å². The Morgan fingerprint density at radius 1 is 1.19 bits per heavy atom. The van der Waals surface area contributed by atoms with E-state index in [0.29, 0.717) is 23.6 Å². The highest BCUT2D eigenvalue weighted by atomic mass is 35.5. The number of halogens is 2. The van der Waals surface area contributed by atoms with Crippen LogP contribution in [-0.4, -0.2) is 14.2 Å². The quantitative estimate of drug-likeness (QED) is 0.880. The summed E-state index contributed by atoms with van der Waals surface area (Å²) in [5, 5.41) is 3.17. The van der Waals surface area contributed by atoms with Crippen LogP contribution in [0.25, 0.3) is 0 Å². The van der Waals surface area contributed by atoms with Gasteiger partial charge in [-0.2, -0.15) is 0 Å². The Morgan fingerprint density at radius 2 is 2.00 bits per heavy atom. The average molecular weight is 310 g/mol. The van der Waals surface area contributed by atoms with E-state index in [2.05, 4.69) is 5.32 Å². The molecule has 5 heteroatoms. The summed E-state index contributed by atoms with van der Waals surface area (Å²) in [5.74, 6) is 0.943. The molecule has 1 N–H and O–H groups in total. The van der Waals surface area contributed by atoms with Crippen molar-refractivity contribution in [2.45, 2.75) is 13.2 Å². The molecule has 112 valence electrons. The molecule has 3 nitrogen and oxygen atoms in total. The molecule has 2 aromatic carbocycles. The fourth-order valence-corrected chi connectivity index (χ4v) is 2.13. The van der Waals surface area contributed by atoms with E-state index in [9.17, 15) is 4.39 Å². The smallest absolute Gasteiger partial charge is 0.142 e. The molecule has 0 radical (unpaired) electrons. The average Bonchev–Trinajstić information content (AvgIpc) is 2.50. The Balaban J connectivity index is 2.20. The first-order chi connectivity index (χ1) is 10.2. The normalized spacial score (nSPS) is 10.5. The predicted molar refractivity (Wildman–Crippen MR) is 81.5 cm³/mol. The minimum atomic E-state index is -0.446. The van der Waals surface area contributed by atoms with E-state index in [1.54, 1.807) is 25.3 Å². The first kappa shape index (κ1) is 15.6. The molecule has 0 atom stereocenters. The first-order valence-electron chi connectivity index (χ1n) is 6.53. The zero-order chi connectivity index (χ0) is 15.2. The fraction of sp³-hybridized carbons (Fsp3) is 0.250. The highest BCUT2D eigenvalue weighted by molar-refractivity contribution is 6.31. The van der Waals surface area contributed by atoms with E-state index in [4.69, 9.17) is 21.1 Å². The van der Waals surface area contributed by atoms with E-state index >= 15 is 0 Å². The fourth-order valence-electron chi connectivity index (χ4n) is 1.95. The summed E-state index contributed by atoms with van der Waals surface area (Å²) < 4.78 is 24.4. The molecular weight excluding hydrogens is 293 g/mol. The summed E-state index contributed by atoms with van der Waals surface area (Å²) in [7, 11) is 3.46. The van der Waals surface area contributed by atoms with Gasteiger partial charge < -0.3 is 14.8 Å². The molecule has 0 amide bonds. The van der Waals surface area contributed by atoms with E-state index in [-0.39, 0.29) is 11.6 Å². The number of methoxy groups -OCH3 is 1. The summed E-state index contributed by atoms with van der Waals surface area (Å²) in [6, 6.07) is 10.3. The monoisotopic (exact) mass is 309 g/mol. The standard InChI is InChI=1S/C16H17ClFNO2/c1-19-9-11-6-7-13(20-2)8-15(11)21-10-12-4-3-5-14(18)16(12)17/h3-8,19H,9-10H2,1-2H3. The van der Waals surface area contributed by atoms with Crippen molar-refractivity contribution in [2.75, 3.05) is 14.2 Å². The van der Waals surface area contributed by atoms with Crippen LogP contribution in [-0.2, 0) is 13.2 Å². The Labute approximate surface area is 128 Å². The topological polar surface area (TPSA) is 30.5 Å². The maximum atomic E-state index is 13.4. The minimum absolute atomic E-state index is 0.0931. The maximum Gasteiger partial charge on any atom is 0.142 e. The van der Waals surface area contributed by atoms with Crippen LogP contribution in [0.5, 0.6) is 11.5 Å². The van der Waals surface area contributed by atoms with Crippen molar-refractivity contribution in [3.8, 4) is 11.5 Å². The van der Waals surface area contributed by atoms with E-state index in [1.165, 1.54) is 6.07 Å². The number of hydrogen-bond acceptors (Lipinski definition) is 3. The summed E-state index contributed by atoms with van der Waals surface area (Å²) in [5.41, 5.74) is 1.60. The van der Waals surface area contributed by atoms with E-state index in [1.807, 2.05) is 19.2 Å². The zero-order valence-corrected chi connectivity index (χ0v) is 12.7. The molecule has 0 fully saturated rings. The molecule has 21 heavy (non-hydrogen) atoms. The highest BCUT2D eigenvalue weighted by Gasteiger charge is 2.09. The summed E-state index contributed by atoms with van der Waals surface area (Å²) in [4.78, 5) is 0. The highest BCUT2D eigenvalue weighted by Crippen LogP contribution is 2.27. The molecule has 0 aliphatic heterocycles. The van der Waals surface area contributed by atoms with Crippen LogP contribution in [0, 0.1) is 5.82 Å². The van der Waals surface area contributed by atoms with Gasteiger partial charge >= 0.3 is 0 Å². The van der Waals surface area contributed by atoms with Crippen molar-refractivity contribution in [1.29, 1.82) is 0 Å². The number of nitrogens with one attached hydrogen (secondary N) is 1. The summed E-state index contributed by atoms with van der Waals surface area (Å²) in [6.45, 7) is 0.858. The molecule has 0 spiro atoms. The molecule has 0 aromatic heterocycles. The number of rotatable bonds is 6. The number of ether oxygens (including phenoxy) is 2. The van der Waals surface area contributed by atoms with Crippen molar-refractivity contribution in [1.82, 2.24) is 5.32 Å². The van der Waals surface area contributed by atoms with Gasteiger partial charge in [-0.25, -0.2) is 4.39 Å². The van der Waals surface area contributed by atoms with Gasteiger partial charge in [0.15, 0.2) is 0 Å². The first-order valence-corrected chi connectivity index (χ1v) is 6.90. The largest absolute Gasteiger partial charge is 0.497 e. The predicted octanol–water partition coefficient (Wildman–Crippen LogP) is 3.79. The van der Waals surface area contributed by atoms with Gasteiger partial charge in [0.05, 0.1) is 12.1 Å². The second-order valence-electron chi connectivity index (χ2n) is 4.51. The Bertz CT molecular complexity index is 619. The Morgan fingerprint density at radius 3 is 2.71 bits per heavy atom. The second kappa shape index (κ2) is 7.29. The lowest BCUT2D eigenvalue weighted by molar-refractivity contribution is 0.299. The second-order valence-corrected chi connectivity index (χ2v) is 4.88. The Kier molecular flexibility index (Phi) is 5.42. The molecule has 2 aromatic rings. The third kappa shape index (κ3) is 3.86. The van der Waals surface area contributed by atoms with Crippen LogP contribution in [0.4, 0.5) is 4.39 Å². The van der Waals surface area contributed by atoms with Crippen LogP contribution >= 0.6 is 11.6 Å². The molecule has 0 aliphatic carbocycles. The third-order valence-electron chi connectivity index (χ3n) is 3.06. The minimum Gasteiger partial charge on any atom is -0.497 e. The van der Waals surface area contributed by atoms with Crippen LogP contribution in [0.1, 0.15) is 11.1 Å². The van der Waals surface area contributed by atoms with E-state index < -0.39 is 5.82 Å². The van der Waals surface area contributed by atoms with Crippen LogP contribution in [0.2, 0.25) is 5.02 Å². The number of hydrogen-bond donors (Lipinski definition) is 1. The van der Waals surface area contributed by atoms with Gasteiger partial charge in [-0.15, -0.1) is 0 Å². The lowest BCUT2D eigenvalue weighted by Gasteiger charge is -2.13. The Hall–Kier alpha value is -1.78. The molecule has 0 saturated heterocycles. The van der Waals surface area contributed by atoms with Gasteiger partial charge in [0, 0.05) is 23.7 Å². The lowest BCUT2D eigenvalue weighted by atomic mass is 10.2. The molecule has 0 heterocycles. The van der Waals surface area contributed by atoms with Gasteiger partial charge in [-0.3, -0.25) is 0 Å². The van der Waals surface area contributed by atoms with Crippen LogP contribution < -0.4 is 14.8 Å². The van der Waals surface area contributed by atoms with Gasteiger partial charge in [0.2, 0.25) is 0 Å². The molecule has 2 rings (SSSR count). The molecule has 0 saturated carbocycles. The van der Waals surface area contributed by atoms with Crippen LogP contribution in [0.15, 0.2) is 36.4 Å². The van der Waals surface area contributed by atoms with Crippen molar-refractivity contribution >= 4 is 11.6 Å². The van der Waals surface area contributed by atoms with Crippen molar-refractivity contribution in [3.63, 3.8) is 0 Å². The molecular formula is C16H17ClFNO2. The van der Waals surface area contributed by atoms with E-state index in [0.717, 1.165) is 5.56 Å². The van der Waals surface area contributed by atoms with Gasteiger partial charge in [-0.1, -0.05) is 29.8 Å². The van der Waals surface area contributed by atoms with Gasteiger partial charge in [0.25, 0.3) is 0 Å². The van der Waals surface area contributed by atoms with Crippen molar-refractivity contribution in [3.05, 3.63) is 58.4 Å².